The molecule has 98 valence electrons. The van der Waals surface area contributed by atoms with Crippen LogP contribution in [0.3, 0.4) is 0 Å². The molecule has 0 aromatic rings. The van der Waals surface area contributed by atoms with E-state index >= 15 is 0 Å². The highest BCUT2D eigenvalue weighted by atomic mass is 32.2. The van der Waals surface area contributed by atoms with Crippen molar-refractivity contribution in [3.8, 4) is 0 Å². The molecule has 16 heavy (non-hydrogen) atoms. The molecule has 0 spiro atoms. The smallest absolute Gasteiger partial charge is 0.279 e. The Labute approximate surface area is 91.4 Å². The fraction of sp³-hybridized carbons (Fsp3) is 1.00. The zero-order valence-electron chi connectivity index (χ0n) is 8.39. The molecule has 0 saturated heterocycles. The van der Waals surface area contributed by atoms with E-state index in [0.717, 1.165) is 0 Å². The lowest BCUT2D eigenvalue weighted by molar-refractivity contribution is -0.0510. The summed E-state index contributed by atoms with van der Waals surface area (Å²) in [6, 6.07) is 0. The number of rotatable bonds is 4. The van der Waals surface area contributed by atoms with E-state index in [9.17, 15) is 17.7 Å². The molecular weight excluding hydrogens is 276 g/mol. The number of alkyl halides is 3. The van der Waals surface area contributed by atoms with Gasteiger partial charge in [-0.05, 0) is 13.8 Å². The highest BCUT2D eigenvalue weighted by Crippen LogP contribution is 2.22. The van der Waals surface area contributed by atoms with Crippen molar-refractivity contribution in [2.45, 2.75) is 19.4 Å². The van der Waals surface area contributed by atoms with Crippen LogP contribution in [0.4, 0.5) is 13.2 Å². The van der Waals surface area contributed by atoms with E-state index in [1.54, 1.807) is 13.8 Å². The predicted octanol–water partition coefficient (Wildman–Crippen LogP) is 2.11. The van der Waals surface area contributed by atoms with Crippen molar-refractivity contribution in [2.24, 2.45) is 0 Å². The Bertz CT molecular complexity index is 292. The molecule has 0 aromatic heterocycles. The molecule has 0 unspecified atom stereocenters. The first-order valence-electron chi connectivity index (χ1n) is 3.83. The summed E-state index contributed by atoms with van der Waals surface area (Å²) in [7, 11) is -7.67. The Morgan fingerprint density at radius 1 is 1.19 bits per heavy atom. The zero-order valence-corrected chi connectivity index (χ0v) is 10.1. The molecule has 0 amide bonds. The standard InChI is InChI=1S/C4H10O3P.CHF3O3S/c1-3-6-8(5)7-4-2;2-1(3,4)8(5,6)7/h3-4H2,1-2H3;(H,5,6,7)/q+1;. The average molecular weight is 287 g/mol. The zero-order chi connectivity index (χ0) is 13.4. The molecule has 0 aliphatic carbocycles. The maximum atomic E-state index is 10.7. The van der Waals surface area contributed by atoms with Crippen LogP contribution >= 0.6 is 8.25 Å². The molecule has 0 aliphatic heterocycles. The lowest BCUT2D eigenvalue weighted by Gasteiger charge is -1.97. The van der Waals surface area contributed by atoms with Gasteiger partial charge < -0.3 is 0 Å². The number of halogens is 3. The van der Waals surface area contributed by atoms with Gasteiger partial charge in [-0.2, -0.15) is 21.6 Å². The number of hydrogen-bond donors (Lipinski definition) is 1. The monoisotopic (exact) mass is 287 g/mol. The molecule has 0 radical (unpaired) electrons. The topological polar surface area (TPSA) is 89.9 Å². The van der Waals surface area contributed by atoms with Crippen molar-refractivity contribution in [2.75, 3.05) is 13.2 Å². The van der Waals surface area contributed by atoms with Crippen molar-refractivity contribution in [1.82, 2.24) is 0 Å². The van der Waals surface area contributed by atoms with Gasteiger partial charge in [0.25, 0.3) is 0 Å². The van der Waals surface area contributed by atoms with Crippen LogP contribution in [0.2, 0.25) is 0 Å². The summed E-state index contributed by atoms with van der Waals surface area (Å²) in [5, 5.41) is 0. The van der Waals surface area contributed by atoms with Gasteiger partial charge in [-0.1, -0.05) is 0 Å². The largest absolute Gasteiger partial charge is 0.697 e. The van der Waals surface area contributed by atoms with Crippen LogP contribution in [0.25, 0.3) is 0 Å². The number of hydrogen-bond acceptors (Lipinski definition) is 5. The van der Waals surface area contributed by atoms with Gasteiger partial charge in [0.1, 0.15) is 13.2 Å². The minimum atomic E-state index is -5.84. The SMILES string of the molecule is CCO[P+](=O)OCC.O=S(=O)(O)C(F)(F)F. The van der Waals surface area contributed by atoms with Gasteiger partial charge in [-0.15, -0.1) is 9.05 Å². The van der Waals surface area contributed by atoms with Crippen LogP contribution in [-0.2, 0) is 23.7 Å². The molecule has 0 bridgehead atoms. The van der Waals surface area contributed by atoms with Crippen LogP contribution < -0.4 is 0 Å². The first-order valence-corrected chi connectivity index (χ1v) is 6.36. The summed E-state index contributed by atoms with van der Waals surface area (Å²) in [6.07, 6.45) is 0. The fourth-order valence-corrected chi connectivity index (χ4v) is 0.744. The summed E-state index contributed by atoms with van der Waals surface area (Å²) in [4.78, 5) is 0. The van der Waals surface area contributed by atoms with Crippen LogP contribution in [-0.4, -0.2) is 31.7 Å². The maximum absolute atomic E-state index is 10.7. The summed E-state index contributed by atoms with van der Waals surface area (Å²) in [5.41, 5.74) is -5.53. The van der Waals surface area contributed by atoms with Crippen molar-refractivity contribution in [3.05, 3.63) is 0 Å². The second-order valence-electron chi connectivity index (χ2n) is 1.98. The van der Waals surface area contributed by atoms with E-state index < -0.39 is 23.9 Å². The normalized spacial score (nSPS) is 11.6. The molecule has 0 fully saturated rings. The Kier molecular flexibility index (Phi) is 8.94. The molecule has 0 aliphatic rings. The minimum Gasteiger partial charge on any atom is -0.279 e. The quantitative estimate of drug-likeness (QED) is 0.484. The maximum Gasteiger partial charge on any atom is 0.697 e. The Hall–Kier alpha value is -0.280. The van der Waals surface area contributed by atoms with E-state index in [1.165, 1.54) is 0 Å². The highest BCUT2D eigenvalue weighted by molar-refractivity contribution is 7.86. The van der Waals surface area contributed by atoms with Crippen molar-refractivity contribution >= 4 is 18.4 Å². The van der Waals surface area contributed by atoms with Gasteiger partial charge >= 0.3 is 23.9 Å². The molecule has 11 heteroatoms. The first kappa shape index (κ1) is 18.1. The molecule has 6 nitrogen and oxygen atoms in total. The highest BCUT2D eigenvalue weighted by Gasteiger charge is 2.44. The summed E-state index contributed by atoms with van der Waals surface area (Å²) in [5.74, 6) is 0. The van der Waals surface area contributed by atoms with E-state index in [4.69, 9.17) is 13.0 Å². The van der Waals surface area contributed by atoms with Crippen LogP contribution in [0.1, 0.15) is 13.8 Å². The van der Waals surface area contributed by atoms with E-state index in [-0.39, 0.29) is 0 Å². The molecule has 1 N–H and O–H groups in total. The third kappa shape index (κ3) is 10.2. The fourth-order valence-electron chi connectivity index (χ4n) is 0.248. The van der Waals surface area contributed by atoms with Gasteiger partial charge in [0.05, 0.1) is 0 Å². The van der Waals surface area contributed by atoms with Gasteiger partial charge in [-0.25, -0.2) is 0 Å². The lowest BCUT2D eigenvalue weighted by atomic mass is 10.9. The Balaban J connectivity index is 0. The molecular formula is C5H11F3O6PS+. The minimum absolute atomic E-state index is 0.440. The second kappa shape index (κ2) is 7.91. The molecule has 0 atom stereocenters. The van der Waals surface area contributed by atoms with Crippen molar-refractivity contribution in [1.29, 1.82) is 0 Å². The van der Waals surface area contributed by atoms with Gasteiger partial charge in [0.15, 0.2) is 0 Å². The van der Waals surface area contributed by atoms with E-state index in [2.05, 4.69) is 9.05 Å². The van der Waals surface area contributed by atoms with Crippen molar-refractivity contribution < 1.29 is 39.8 Å². The first-order chi connectivity index (χ1) is 7.06. The predicted molar refractivity (Wildman–Crippen MR) is 48.5 cm³/mol. The summed E-state index contributed by atoms with van der Waals surface area (Å²) in [6.45, 7) is 4.42. The van der Waals surface area contributed by atoms with Gasteiger partial charge in [0.2, 0.25) is 0 Å². The Morgan fingerprint density at radius 3 is 1.56 bits per heavy atom. The Morgan fingerprint density at radius 2 is 1.44 bits per heavy atom. The summed E-state index contributed by atoms with van der Waals surface area (Å²) < 4.78 is 77.0. The van der Waals surface area contributed by atoms with Crippen LogP contribution in [0.15, 0.2) is 0 Å². The summed E-state index contributed by atoms with van der Waals surface area (Å²) >= 11 is 0. The average Bonchev–Trinajstić information content (AvgIpc) is 2.02. The van der Waals surface area contributed by atoms with Gasteiger partial charge in [-0.3, -0.25) is 4.55 Å². The molecule has 0 rings (SSSR count). The molecule has 0 aromatic carbocycles. The third-order valence-corrected chi connectivity index (χ3v) is 2.28. The molecule has 0 heterocycles. The molecule has 0 saturated carbocycles. The van der Waals surface area contributed by atoms with Crippen molar-refractivity contribution in [3.63, 3.8) is 0 Å². The third-order valence-electron chi connectivity index (χ3n) is 0.762. The van der Waals surface area contributed by atoms with Crippen LogP contribution in [0, 0.1) is 0 Å². The van der Waals surface area contributed by atoms with Gasteiger partial charge in [0, 0.05) is 4.57 Å². The van der Waals surface area contributed by atoms with E-state index in [1.807, 2.05) is 0 Å². The van der Waals surface area contributed by atoms with E-state index in [0.29, 0.717) is 13.2 Å². The lowest BCUT2D eigenvalue weighted by Crippen LogP contribution is -2.21. The van der Waals surface area contributed by atoms with Crippen LogP contribution in [0.5, 0.6) is 0 Å². The second-order valence-corrected chi connectivity index (χ2v) is 4.36.